The highest BCUT2D eigenvalue weighted by Crippen LogP contribution is 2.40. The van der Waals surface area contributed by atoms with Gasteiger partial charge in [-0.2, -0.15) is 0 Å². The SMILES string of the molecule is CCCCN(CCCC)CCCN1C(=O)C(=O)C(=C(O)c2cccc([N+](=O)[O-])c2)[C@H]1c1ccc(CC)cc1. The summed E-state index contributed by atoms with van der Waals surface area (Å²) in [6.45, 7) is 9.58. The van der Waals surface area contributed by atoms with Crippen LogP contribution < -0.4 is 0 Å². The fourth-order valence-corrected chi connectivity index (χ4v) is 4.88. The van der Waals surface area contributed by atoms with Crippen molar-refractivity contribution >= 4 is 23.1 Å². The maximum absolute atomic E-state index is 13.3. The van der Waals surface area contributed by atoms with Gasteiger partial charge in [-0.3, -0.25) is 19.7 Å². The summed E-state index contributed by atoms with van der Waals surface area (Å²) in [5.74, 6) is -1.82. The number of nitrogens with zero attached hydrogens (tertiary/aromatic N) is 3. The highest BCUT2D eigenvalue weighted by atomic mass is 16.6. The maximum atomic E-state index is 13.3. The zero-order valence-corrected chi connectivity index (χ0v) is 22.7. The maximum Gasteiger partial charge on any atom is 0.295 e. The number of aliphatic hydroxyl groups is 1. The average molecular weight is 522 g/mol. The van der Waals surface area contributed by atoms with Crippen LogP contribution in [-0.4, -0.2) is 57.7 Å². The van der Waals surface area contributed by atoms with Gasteiger partial charge in [-0.05, 0) is 56.4 Å². The number of nitro benzene ring substituents is 1. The van der Waals surface area contributed by atoms with Crippen molar-refractivity contribution in [2.75, 3.05) is 26.2 Å². The van der Waals surface area contributed by atoms with Gasteiger partial charge in [-0.15, -0.1) is 0 Å². The molecule has 2 aromatic carbocycles. The molecule has 0 aromatic heterocycles. The Bertz CT molecular complexity index is 1150. The number of aryl methyl sites for hydroxylation is 1. The molecule has 1 atom stereocenters. The quantitative estimate of drug-likeness (QED) is 0.110. The normalized spacial score (nSPS) is 16.9. The Morgan fingerprint density at radius 3 is 2.18 bits per heavy atom. The predicted molar refractivity (Wildman–Crippen MR) is 149 cm³/mol. The molecule has 1 heterocycles. The highest BCUT2D eigenvalue weighted by Gasteiger charge is 2.45. The summed E-state index contributed by atoms with van der Waals surface area (Å²) in [7, 11) is 0. The third-order valence-corrected chi connectivity index (χ3v) is 7.10. The summed E-state index contributed by atoms with van der Waals surface area (Å²) in [5.41, 5.74) is 1.74. The van der Waals surface area contributed by atoms with Crippen LogP contribution in [0.5, 0.6) is 0 Å². The number of hydrogen-bond donors (Lipinski definition) is 1. The number of non-ortho nitro benzene ring substituents is 1. The van der Waals surface area contributed by atoms with Crippen molar-refractivity contribution in [3.63, 3.8) is 0 Å². The van der Waals surface area contributed by atoms with E-state index in [2.05, 4.69) is 18.7 Å². The lowest BCUT2D eigenvalue weighted by molar-refractivity contribution is -0.384. The summed E-state index contributed by atoms with van der Waals surface area (Å²) in [5, 5.41) is 22.5. The second-order valence-corrected chi connectivity index (χ2v) is 9.80. The summed E-state index contributed by atoms with van der Waals surface area (Å²) in [6, 6.07) is 12.4. The summed E-state index contributed by atoms with van der Waals surface area (Å²) >= 11 is 0. The molecule has 1 amide bonds. The first-order valence-electron chi connectivity index (χ1n) is 13.7. The summed E-state index contributed by atoms with van der Waals surface area (Å²) < 4.78 is 0. The fourth-order valence-electron chi connectivity index (χ4n) is 4.88. The molecule has 204 valence electrons. The van der Waals surface area contributed by atoms with Gasteiger partial charge in [0.2, 0.25) is 0 Å². The van der Waals surface area contributed by atoms with Crippen LogP contribution in [0.15, 0.2) is 54.1 Å². The number of aliphatic hydroxyl groups excluding tert-OH is 1. The number of ketones is 1. The Kier molecular flexibility index (Phi) is 10.6. The number of likely N-dealkylation sites (tertiary alicyclic amines) is 1. The second kappa shape index (κ2) is 13.9. The Hall–Kier alpha value is -3.52. The minimum atomic E-state index is -0.771. The van der Waals surface area contributed by atoms with Crippen molar-refractivity contribution in [2.45, 2.75) is 65.3 Å². The van der Waals surface area contributed by atoms with E-state index in [9.17, 15) is 24.8 Å². The van der Waals surface area contributed by atoms with Gasteiger partial charge in [0.05, 0.1) is 16.5 Å². The van der Waals surface area contributed by atoms with Crippen molar-refractivity contribution in [3.05, 3.63) is 80.9 Å². The van der Waals surface area contributed by atoms with Crippen LogP contribution in [0.25, 0.3) is 5.76 Å². The number of amides is 1. The molecule has 1 aliphatic heterocycles. The van der Waals surface area contributed by atoms with Crippen molar-refractivity contribution < 1.29 is 19.6 Å². The van der Waals surface area contributed by atoms with Crippen molar-refractivity contribution in [3.8, 4) is 0 Å². The van der Waals surface area contributed by atoms with E-state index >= 15 is 0 Å². The first kappa shape index (κ1) is 29.0. The number of hydrogen-bond acceptors (Lipinski definition) is 6. The molecular weight excluding hydrogens is 482 g/mol. The van der Waals surface area contributed by atoms with E-state index in [0.29, 0.717) is 13.0 Å². The van der Waals surface area contributed by atoms with Gasteiger partial charge in [0.15, 0.2) is 0 Å². The van der Waals surface area contributed by atoms with Crippen LogP contribution in [0.1, 0.15) is 75.6 Å². The third kappa shape index (κ3) is 6.86. The van der Waals surface area contributed by atoms with E-state index in [0.717, 1.165) is 62.9 Å². The largest absolute Gasteiger partial charge is 0.507 e. The number of carbonyl (C=O) groups is 2. The zero-order valence-electron chi connectivity index (χ0n) is 22.7. The molecule has 8 nitrogen and oxygen atoms in total. The summed E-state index contributed by atoms with van der Waals surface area (Å²) in [6.07, 6.45) is 5.99. The van der Waals surface area contributed by atoms with Crippen molar-refractivity contribution in [1.29, 1.82) is 0 Å². The Balaban J connectivity index is 1.96. The molecule has 8 heteroatoms. The minimum absolute atomic E-state index is 0.0337. The number of Topliss-reactive ketones (excluding diaryl/α,β-unsaturated/α-hetero) is 1. The molecule has 1 fully saturated rings. The molecule has 0 bridgehead atoms. The molecular formula is C30H39N3O5. The lowest BCUT2D eigenvalue weighted by atomic mass is 9.94. The van der Waals surface area contributed by atoms with Crippen LogP contribution in [0.4, 0.5) is 5.69 Å². The Labute approximate surface area is 225 Å². The van der Waals surface area contributed by atoms with Crippen molar-refractivity contribution in [1.82, 2.24) is 9.80 Å². The van der Waals surface area contributed by atoms with Gasteiger partial charge in [0, 0.05) is 24.2 Å². The van der Waals surface area contributed by atoms with Gasteiger partial charge in [0.1, 0.15) is 5.76 Å². The topological polar surface area (TPSA) is 104 Å². The standard InChI is InChI=1S/C30H39N3O5/c1-4-7-17-31(18-8-5-2)19-10-20-32-27(23-15-13-22(6-3)14-16-23)26(29(35)30(32)36)28(34)24-11-9-12-25(21-24)33(37)38/h9,11-16,21,27,34H,4-8,10,17-20H2,1-3H3/t27-/m1/s1. The molecule has 0 spiro atoms. The number of carbonyl (C=O) groups excluding carboxylic acids is 2. The highest BCUT2D eigenvalue weighted by molar-refractivity contribution is 6.46. The van der Waals surface area contributed by atoms with E-state index < -0.39 is 28.4 Å². The number of nitro groups is 1. The predicted octanol–water partition coefficient (Wildman–Crippen LogP) is 5.87. The molecule has 2 aromatic rings. The number of unbranched alkanes of at least 4 members (excludes halogenated alkanes) is 2. The van der Waals surface area contributed by atoms with E-state index in [-0.39, 0.29) is 16.8 Å². The number of benzene rings is 2. The second-order valence-electron chi connectivity index (χ2n) is 9.80. The van der Waals surface area contributed by atoms with Crippen LogP contribution in [0.3, 0.4) is 0 Å². The summed E-state index contributed by atoms with van der Waals surface area (Å²) in [4.78, 5) is 41.2. The molecule has 0 radical (unpaired) electrons. The average Bonchev–Trinajstić information content (AvgIpc) is 3.18. The van der Waals surface area contributed by atoms with E-state index in [4.69, 9.17) is 0 Å². The molecule has 3 rings (SSSR count). The molecule has 1 saturated heterocycles. The first-order valence-corrected chi connectivity index (χ1v) is 13.7. The molecule has 0 saturated carbocycles. The zero-order chi connectivity index (χ0) is 27.7. The number of rotatable bonds is 14. The minimum Gasteiger partial charge on any atom is -0.507 e. The lowest BCUT2D eigenvalue weighted by Gasteiger charge is -2.27. The van der Waals surface area contributed by atoms with E-state index in [1.165, 1.54) is 24.3 Å². The molecule has 1 aliphatic rings. The fraction of sp³-hybridized carbons (Fsp3) is 0.467. The molecule has 0 unspecified atom stereocenters. The molecule has 38 heavy (non-hydrogen) atoms. The lowest BCUT2D eigenvalue weighted by Crippen LogP contribution is -2.34. The van der Waals surface area contributed by atoms with Crippen molar-refractivity contribution in [2.24, 2.45) is 0 Å². The van der Waals surface area contributed by atoms with Crippen LogP contribution in [-0.2, 0) is 16.0 Å². The third-order valence-electron chi connectivity index (χ3n) is 7.10. The van der Waals surface area contributed by atoms with Gasteiger partial charge >= 0.3 is 0 Å². The Morgan fingerprint density at radius 1 is 0.974 bits per heavy atom. The smallest absolute Gasteiger partial charge is 0.295 e. The van der Waals surface area contributed by atoms with Crippen LogP contribution in [0, 0.1) is 10.1 Å². The van der Waals surface area contributed by atoms with Gasteiger partial charge in [-0.1, -0.05) is 70.0 Å². The van der Waals surface area contributed by atoms with Gasteiger partial charge in [0.25, 0.3) is 17.4 Å². The molecule has 0 aliphatic carbocycles. The van der Waals surface area contributed by atoms with Gasteiger partial charge < -0.3 is 14.9 Å². The van der Waals surface area contributed by atoms with Gasteiger partial charge in [-0.25, -0.2) is 0 Å². The van der Waals surface area contributed by atoms with E-state index in [1.54, 1.807) is 4.90 Å². The monoisotopic (exact) mass is 521 g/mol. The Morgan fingerprint density at radius 2 is 1.61 bits per heavy atom. The van der Waals surface area contributed by atoms with Crippen LogP contribution in [0.2, 0.25) is 0 Å². The first-order chi connectivity index (χ1) is 18.3. The molecule has 1 N–H and O–H groups in total. The van der Waals surface area contributed by atoms with E-state index in [1.807, 2.05) is 31.2 Å². The van der Waals surface area contributed by atoms with Crippen LogP contribution >= 0.6 is 0 Å².